The van der Waals surface area contributed by atoms with Gasteiger partial charge in [-0.05, 0) is 75.3 Å². The molecular formula is C57H35N3O2. The van der Waals surface area contributed by atoms with Gasteiger partial charge >= 0.3 is 0 Å². The van der Waals surface area contributed by atoms with Gasteiger partial charge in [0.25, 0.3) is 0 Å². The van der Waals surface area contributed by atoms with Gasteiger partial charge in [0.1, 0.15) is 22.3 Å². The number of fused-ring (bicyclic) bond motifs is 6. The van der Waals surface area contributed by atoms with E-state index in [1.54, 1.807) is 0 Å². The maximum atomic E-state index is 6.68. The number of aromatic nitrogens is 3. The summed E-state index contributed by atoms with van der Waals surface area (Å²) in [6, 6.07) is 73.6. The summed E-state index contributed by atoms with van der Waals surface area (Å²) in [5.41, 5.74) is 14.8. The predicted molar refractivity (Wildman–Crippen MR) is 252 cm³/mol. The third-order valence-corrected chi connectivity index (χ3v) is 11.8. The van der Waals surface area contributed by atoms with Crippen LogP contribution in [0.15, 0.2) is 221 Å². The third-order valence-electron chi connectivity index (χ3n) is 11.8. The van der Waals surface area contributed by atoms with Gasteiger partial charge in [0.2, 0.25) is 0 Å². The SMILES string of the molecule is c1ccc(-c2cc(-c3ccc(-c4nc(-c5ccccc5)nc(-c5ccc6c(c5)oc5ccccc56)n4)cc3)c(-c3ccccc3)c(-c3cccc4c3oc3ccccc34)c2)cc1. The Morgan fingerprint density at radius 3 is 1.44 bits per heavy atom. The molecule has 290 valence electrons. The van der Waals surface area contributed by atoms with Crippen molar-refractivity contribution >= 4 is 43.9 Å². The Morgan fingerprint density at radius 2 is 0.742 bits per heavy atom. The van der Waals surface area contributed by atoms with Gasteiger partial charge in [-0.15, -0.1) is 0 Å². The number of furan rings is 2. The van der Waals surface area contributed by atoms with Crippen molar-refractivity contribution in [1.82, 2.24) is 15.0 Å². The number of nitrogens with zero attached hydrogens (tertiary/aromatic N) is 3. The summed E-state index contributed by atoms with van der Waals surface area (Å²) in [6.45, 7) is 0. The zero-order chi connectivity index (χ0) is 41.0. The number of hydrogen-bond acceptors (Lipinski definition) is 5. The number of benzene rings is 9. The van der Waals surface area contributed by atoms with Crippen LogP contribution in [0.2, 0.25) is 0 Å². The smallest absolute Gasteiger partial charge is 0.164 e. The minimum Gasteiger partial charge on any atom is -0.456 e. The second-order valence-corrected chi connectivity index (χ2v) is 15.5. The fraction of sp³-hybridized carbons (Fsp3) is 0. The van der Waals surface area contributed by atoms with Gasteiger partial charge in [-0.1, -0.05) is 176 Å². The fourth-order valence-electron chi connectivity index (χ4n) is 8.77. The molecule has 0 saturated heterocycles. The molecule has 9 aromatic carbocycles. The first-order valence-corrected chi connectivity index (χ1v) is 20.8. The monoisotopic (exact) mass is 793 g/mol. The molecule has 12 aromatic rings. The minimum atomic E-state index is 0.576. The van der Waals surface area contributed by atoms with Gasteiger partial charge in [-0.25, -0.2) is 15.0 Å². The number of rotatable bonds is 7. The lowest BCUT2D eigenvalue weighted by molar-refractivity contribution is 0.669. The van der Waals surface area contributed by atoms with Crippen LogP contribution in [0.4, 0.5) is 0 Å². The van der Waals surface area contributed by atoms with Crippen molar-refractivity contribution in [3.63, 3.8) is 0 Å². The van der Waals surface area contributed by atoms with Gasteiger partial charge in [-0.3, -0.25) is 0 Å². The van der Waals surface area contributed by atoms with Crippen molar-refractivity contribution < 1.29 is 8.83 Å². The van der Waals surface area contributed by atoms with Crippen LogP contribution in [-0.2, 0) is 0 Å². The van der Waals surface area contributed by atoms with Crippen LogP contribution in [-0.4, -0.2) is 15.0 Å². The molecule has 0 unspecified atom stereocenters. The van der Waals surface area contributed by atoms with E-state index in [-0.39, 0.29) is 0 Å². The second-order valence-electron chi connectivity index (χ2n) is 15.5. The lowest BCUT2D eigenvalue weighted by Gasteiger charge is -2.19. The summed E-state index contributed by atoms with van der Waals surface area (Å²) < 4.78 is 13.0. The minimum absolute atomic E-state index is 0.576. The van der Waals surface area contributed by atoms with Crippen molar-refractivity contribution in [2.75, 3.05) is 0 Å². The van der Waals surface area contributed by atoms with E-state index in [0.717, 1.165) is 105 Å². The quantitative estimate of drug-likeness (QED) is 0.161. The highest BCUT2D eigenvalue weighted by atomic mass is 16.3. The highest BCUT2D eigenvalue weighted by molar-refractivity contribution is 6.12. The van der Waals surface area contributed by atoms with E-state index in [4.69, 9.17) is 23.8 Å². The van der Waals surface area contributed by atoms with Crippen molar-refractivity contribution in [3.05, 3.63) is 212 Å². The highest BCUT2D eigenvalue weighted by Crippen LogP contribution is 2.46. The van der Waals surface area contributed by atoms with Crippen molar-refractivity contribution in [2.24, 2.45) is 0 Å². The van der Waals surface area contributed by atoms with Gasteiger partial charge < -0.3 is 8.83 Å². The van der Waals surface area contributed by atoms with Crippen LogP contribution < -0.4 is 0 Å². The summed E-state index contributed by atoms with van der Waals surface area (Å²) in [5.74, 6) is 1.76. The molecule has 5 heteroatoms. The van der Waals surface area contributed by atoms with E-state index < -0.39 is 0 Å². The molecule has 0 amide bonds. The van der Waals surface area contributed by atoms with Crippen LogP contribution in [0.25, 0.3) is 123 Å². The zero-order valence-electron chi connectivity index (χ0n) is 33.4. The van der Waals surface area contributed by atoms with E-state index in [2.05, 4.69) is 146 Å². The summed E-state index contributed by atoms with van der Waals surface area (Å²) in [4.78, 5) is 15.2. The van der Waals surface area contributed by atoms with Gasteiger partial charge in [0, 0.05) is 43.8 Å². The topological polar surface area (TPSA) is 65.0 Å². The fourth-order valence-corrected chi connectivity index (χ4v) is 8.77. The average Bonchev–Trinajstić information content (AvgIpc) is 3.93. The molecule has 0 aliphatic heterocycles. The molecule has 12 rings (SSSR count). The molecule has 0 radical (unpaired) electrons. The molecular weight excluding hydrogens is 759 g/mol. The largest absolute Gasteiger partial charge is 0.456 e. The maximum absolute atomic E-state index is 6.68. The van der Waals surface area contributed by atoms with E-state index in [9.17, 15) is 0 Å². The molecule has 5 nitrogen and oxygen atoms in total. The molecule has 0 bridgehead atoms. The Labute approximate surface area is 357 Å². The van der Waals surface area contributed by atoms with E-state index in [1.807, 2.05) is 66.7 Å². The van der Waals surface area contributed by atoms with E-state index in [0.29, 0.717) is 17.5 Å². The van der Waals surface area contributed by atoms with Crippen molar-refractivity contribution in [2.45, 2.75) is 0 Å². The van der Waals surface area contributed by atoms with Crippen LogP contribution in [0.5, 0.6) is 0 Å². The molecule has 0 aliphatic carbocycles. The van der Waals surface area contributed by atoms with Crippen molar-refractivity contribution in [1.29, 1.82) is 0 Å². The maximum Gasteiger partial charge on any atom is 0.164 e. The summed E-state index contributed by atoms with van der Waals surface area (Å²) in [6.07, 6.45) is 0. The van der Waals surface area contributed by atoms with E-state index >= 15 is 0 Å². The highest BCUT2D eigenvalue weighted by Gasteiger charge is 2.21. The Kier molecular flexibility index (Phi) is 8.42. The molecule has 0 N–H and O–H groups in total. The summed E-state index contributed by atoms with van der Waals surface area (Å²) >= 11 is 0. The first kappa shape index (κ1) is 35.5. The standard InChI is InChI=1S/C57H35N3O2/c1-4-15-36(16-5-1)42-33-48(53(38-17-6-2-7-18-38)49(34-42)47-24-14-23-46-44-22-11-13-26-51(44)62-54(46)47)37-27-29-40(30-28-37)56-58-55(39-19-8-3-9-20-39)59-57(60-56)41-31-32-45-43-21-10-12-25-50(43)61-52(45)35-41/h1-35H. The molecule has 0 spiro atoms. The van der Waals surface area contributed by atoms with Gasteiger partial charge in [0.05, 0.1) is 0 Å². The second kappa shape index (κ2) is 14.7. The zero-order valence-corrected chi connectivity index (χ0v) is 33.4. The predicted octanol–water partition coefficient (Wildman–Crippen LogP) is 15.3. The summed E-state index contributed by atoms with van der Waals surface area (Å²) in [5, 5.41) is 4.34. The van der Waals surface area contributed by atoms with Crippen LogP contribution in [0.1, 0.15) is 0 Å². The molecule has 0 saturated carbocycles. The molecule has 0 atom stereocenters. The number of para-hydroxylation sites is 3. The van der Waals surface area contributed by atoms with E-state index in [1.165, 1.54) is 0 Å². The van der Waals surface area contributed by atoms with Crippen LogP contribution in [0.3, 0.4) is 0 Å². The summed E-state index contributed by atoms with van der Waals surface area (Å²) in [7, 11) is 0. The molecule has 0 aliphatic rings. The molecule has 0 fully saturated rings. The molecule has 62 heavy (non-hydrogen) atoms. The normalized spacial score (nSPS) is 11.5. The first-order chi connectivity index (χ1) is 30.7. The molecule has 3 heterocycles. The van der Waals surface area contributed by atoms with Crippen molar-refractivity contribution in [3.8, 4) is 78.7 Å². The Balaban J connectivity index is 1.04. The average molecular weight is 794 g/mol. The third kappa shape index (κ3) is 6.14. The first-order valence-electron chi connectivity index (χ1n) is 20.8. The lowest BCUT2D eigenvalue weighted by atomic mass is 9.84. The van der Waals surface area contributed by atoms with Gasteiger partial charge in [-0.2, -0.15) is 0 Å². The number of hydrogen-bond donors (Lipinski definition) is 0. The Hall–Kier alpha value is -8.41. The Bertz CT molecular complexity index is 3610. The van der Waals surface area contributed by atoms with Crippen LogP contribution in [0, 0.1) is 0 Å². The Morgan fingerprint density at radius 1 is 0.258 bits per heavy atom. The van der Waals surface area contributed by atoms with Crippen LogP contribution >= 0.6 is 0 Å². The lowest BCUT2D eigenvalue weighted by Crippen LogP contribution is -2.00. The van der Waals surface area contributed by atoms with Gasteiger partial charge in [0.15, 0.2) is 17.5 Å². The molecule has 3 aromatic heterocycles.